The Morgan fingerprint density at radius 1 is 1.16 bits per heavy atom. The summed E-state index contributed by atoms with van der Waals surface area (Å²) in [5.74, 6) is 0.675. The van der Waals surface area contributed by atoms with Gasteiger partial charge in [-0.25, -0.2) is 9.98 Å². The normalized spacial score (nSPS) is 14.7. The predicted molar refractivity (Wildman–Crippen MR) is 117 cm³/mol. The van der Waals surface area contributed by atoms with Crippen LogP contribution in [-0.4, -0.2) is 59.0 Å². The topological polar surface area (TPSA) is 89.4 Å². The van der Waals surface area contributed by atoms with Crippen molar-refractivity contribution in [1.82, 2.24) is 29.6 Å². The van der Waals surface area contributed by atoms with Crippen molar-refractivity contribution in [1.29, 1.82) is 0 Å². The molecule has 13 heteroatoms. The van der Waals surface area contributed by atoms with E-state index in [0.29, 0.717) is 11.5 Å². The van der Waals surface area contributed by atoms with Gasteiger partial charge in [0.15, 0.2) is 5.04 Å². The molecular weight excluding hydrogens is 443 g/mol. The highest BCUT2D eigenvalue weighted by molar-refractivity contribution is 8.16. The lowest BCUT2D eigenvalue weighted by molar-refractivity contribution is -0.0315. The van der Waals surface area contributed by atoms with E-state index in [1.54, 1.807) is 17.7 Å². The molecule has 1 aliphatic heterocycles. The molecule has 3 heterocycles. The third-order valence-electron chi connectivity index (χ3n) is 4.86. The highest BCUT2D eigenvalue weighted by Crippen LogP contribution is 2.36. The first-order valence-electron chi connectivity index (χ1n) is 9.81. The number of hydrogen-bond donors (Lipinski definition) is 0. The number of nitrogens with zero attached hydrogens (tertiary/aromatic N) is 9. The Bertz CT molecular complexity index is 1210. The van der Waals surface area contributed by atoms with E-state index in [2.05, 4.69) is 49.1 Å². The van der Waals surface area contributed by atoms with Gasteiger partial charge < -0.3 is 9.47 Å². The number of halogens is 3. The molecule has 0 fully saturated rings. The molecule has 0 saturated carbocycles. The number of aliphatic imine (C=N–C) groups is 1. The Kier molecular flexibility index (Phi) is 5.75. The fraction of sp³-hybridized carbons (Fsp3) is 0.368. The first-order valence-corrected chi connectivity index (χ1v) is 10.6. The molecule has 168 valence electrons. The van der Waals surface area contributed by atoms with Crippen molar-refractivity contribution in [2.75, 3.05) is 18.0 Å². The Hall–Kier alpha value is -3.22. The second kappa shape index (κ2) is 8.37. The van der Waals surface area contributed by atoms with Crippen LogP contribution in [0.4, 0.5) is 24.5 Å². The van der Waals surface area contributed by atoms with Crippen LogP contribution in [0.25, 0.3) is 11.6 Å². The molecule has 4 rings (SSSR count). The van der Waals surface area contributed by atoms with Gasteiger partial charge in [-0.2, -0.15) is 13.2 Å². The van der Waals surface area contributed by atoms with E-state index in [9.17, 15) is 13.2 Å². The Morgan fingerprint density at radius 2 is 1.91 bits per heavy atom. The number of aromatic nitrogens is 6. The third kappa shape index (κ3) is 4.24. The molecule has 0 radical (unpaired) electrons. The van der Waals surface area contributed by atoms with E-state index in [1.807, 2.05) is 19.1 Å². The Morgan fingerprint density at radius 3 is 2.50 bits per heavy atom. The van der Waals surface area contributed by atoms with E-state index in [1.165, 1.54) is 6.33 Å². The smallest absolute Gasteiger partial charge is 0.372 e. The van der Waals surface area contributed by atoms with Gasteiger partial charge in [-0.15, -0.1) is 25.2 Å². The van der Waals surface area contributed by atoms with Crippen LogP contribution in [-0.2, 0) is 7.05 Å². The van der Waals surface area contributed by atoms with Gasteiger partial charge >= 0.3 is 5.51 Å². The molecule has 0 unspecified atom stereocenters. The van der Waals surface area contributed by atoms with Crippen LogP contribution in [0.2, 0.25) is 0 Å². The fourth-order valence-electron chi connectivity index (χ4n) is 3.28. The molecule has 0 spiro atoms. The zero-order valence-corrected chi connectivity index (χ0v) is 18.6. The maximum Gasteiger partial charge on any atom is 0.447 e. The predicted octanol–water partition coefficient (Wildman–Crippen LogP) is 3.78. The molecule has 0 N–H and O–H groups in total. The molecule has 0 bridgehead atoms. The average Bonchev–Trinajstić information content (AvgIpc) is 3.39. The van der Waals surface area contributed by atoms with Crippen molar-refractivity contribution in [3.05, 3.63) is 35.9 Å². The van der Waals surface area contributed by atoms with Gasteiger partial charge in [0.25, 0.3) is 0 Å². The number of rotatable bonds is 5. The fourth-order valence-corrected chi connectivity index (χ4v) is 3.85. The lowest BCUT2D eigenvalue weighted by Gasteiger charge is -2.21. The number of alkyl halides is 3. The number of hydrogen-bond acceptors (Lipinski definition) is 8. The molecule has 0 atom stereocenters. The summed E-state index contributed by atoms with van der Waals surface area (Å²) in [5.41, 5.74) is -2.15. The second-order valence-electron chi connectivity index (χ2n) is 6.97. The van der Waals surface area contributed by atoms with Crippen molar-refractivity contribution in [3.63, 3.8) is 0 Å². The minimum atomic E-state index is -4.53. The summed E-state index contributed by atoms with van der Waals surface area (Å²) in [4.78, 5) is 12.1. The van der Waals surface area contributed by atoms with Crippen molar-refractivity contribution in [2.24, 2.45) is 17.1 Å². The zero-order chi connectivity index (χ0) is 23.0. The molecule has 9 nitrogen and oxygen atoms in total. The minimum Gasteiger partial charge on any atom is -0.372 e. The van der Waals surface area contributed by atoms with Gasteiger partial charge in [-0.1, -0.05) is 0 Å². The molecule has 1 aromatic carbocycles. The zero-order valence-electron chi connectivity index (χ0n) is 17.8. The number of fused-ring (bicyclic) bond motifs is 1. The quantitative estimate of drug-likeness (QED) is 0.572. The number of anilines is 1. The molecular formula is C19H20F3N9S. The summed E-state index contributed by atoms with van der Waals surface area (Å²) >= 11 is -0.342. The molecule has 2 aromatic heterocycles. The highest BCUT2D eigenvalue weighted by atomic mass is 32.2. The van der Waals surface area contributed by atoms with Crippen molar-refractivity contribution >= 4 is 33.9 Å². The van der Waals surface area contributed by atoms with Gasteiger partial charge in [0, 0.05) is 37.6 Å². The van der Waals surface area contributed by atoms with Gasteiger partial charge in [0.2, 0.25) is 17.5 Å². The molecule has 0 aliphatic carbocycles. The SMILES string of the molecule is CCN(CC)c1ccc(N=C2C(SC(F)(F)F)=Nn3nc(-c4nncn4C)nc32)c(C)c1. The minimum absolute atomic E-state index is 0.00642. The largest absolute Gasteiger partial charge is 0.447 e. The molecule has 0 amide bonds. The van der Waals surface area contributed by atoms with Crippen molar-refractivity contribution < 1.29 is 13.2 Å². The lowest BCUT2D eigenvalue weighted by Crippen LogP contribution is -2.21. The van der Waals surface area contributed by atoms with Crippen LogP contribution < -0.4 is 4.90 Å². The summed E-state index contributed by atoms with van der Waals surface area (Å²) in [7, 11) is 1.71. The summed E-state index contributed by atoms with van der Waals surface area (Å²) in [6.45, 7) is 7.67. The first-order chi connectivity index (χ1) is 15.2. The van der Waals surface area contributed by atoms with Gasteiger partial charge in [-0.05, 0) is 44.5 Å². The Labute approximate surface area is 186 Å². The molecule has 1 aliphatic rings. The van der Waals surface area contributed by atoms with E-state index in [0.717, 1.165) is 29.1 Å². The van der Waals surface area contributed by atoms with E-state index in [4.69, 9.17) is 0 Å². The van der Waals surface area contributed by atoms with Crippen LogP contribution in [0, 0.1) is 6.92 Å². The second-order valence-corrected chi connectivity index (χ2v) is 8.02. The number of benzene rings is 1. The summed E-state index contributed by atoms with van der Waals surface area (Å²) < 4.78 is 41.1. The van der Waals surface area contributed by atoms with Gasteiger partial charge in [0.05, 0.1) is 5.69 Å². The standard InChI is InChI=1S/C19H20F3N9S/c1-5-30(6-2)12-7-8-13(11(3)9-12)24-14-16-25-15(17-26-23-10-29(17)4)27-31(16)28-18(14)32-19(20,21)22/h7-10H,5-6H2,1-4H3. The van der Waals surface area contributed by atoms with Gasteiger partial charge in [-0.3, -0.25) is 0 Å². The molecule has 32 heavy (non-hydrogen) atoms. The van der Waals surface area contributed by atoms with Crippen LogP contribution >= 0.6 is 11.8 Å². The maximum absolute atomic E-state index is 13.2. The molecule has 0 saturated heterocycles. The van der Waals surface area contributed by atoms with Crippen LogP contribution in [0.15, 0.2) is 34.6 Å². The Balaban J connectivity index is 1.78. The summed E-state index contributed by atoms with van der Waals surface area (Å²) in [5, 5.41) is 15.6. The van der Waals surface area contributed by atoms with Crippen LogP contribution in [0.1, 0.15) is 25.2 Å². The van der Waals surface area contributed by atoms with Crippen LogP contribution in [0.5, 0.6) is 0 Å². The lowest BCUT2D eigenvalue weighted by atomic mass is 10.1. The summed E-state index contributed by atoms with van der Waals surface area (Å²) in [6.07, 6.45) is 1.48. The monoisotopic (exact) mass is 463 g/mol. The average molecular weight is 463 g/mol. The van der Waals surface area contributed by atoms with E-state index in [-0.39, 0.29) is 34.2 Å². The van der Waals surface area contributed by atoms with Crippen molar-refractivity contribution in [3.8, 4) is 11.6 Å². The maximum atomic E-state index is 13.2. The highest BCUT2D eigenvalue weighted by Gasteiger charge is 2.38. The van der Waals surface area contributed by atoms with Crippen molar-refractivity contribution in [2.45, 2.75) is 26.3 Å². The first kappa shape index (κ1) is 22.0. The van der Waals surface area contributed by atoms with E-state index >= 15 is 0 Å². The van der Waals surface area contributed by atoms with E-state index < -0.39 is 5.51 Å². The number of thioether (sulfide) groups is 1. The summed E-state index contributed by atoms with van der Waals surface area (Å²) in [6, 6.07) is 5.65. The molecule has 3 aromatic rings. The van der Waals surface area contributed by atoms with Crippen LogP contribution in [0.3, 0.4) is 0 Å². The third-order valence-corrected chi connectivity index (χ3v) is 5.56. The number of aryl methyl sites for hydroxylation is 2. The van der Waals surface area contributed by atoms with Gasteiger partial charge in [0.1, 0.15) is 12.0 Å².